The molecule has 0 fully saturated rings. The molecule has 6 nitrogen and oxygen atoms in total. The molecule has 0 spiro atoms. The van der Waals surface area contributed by atoms with Crippen molar-refractivity contribution in [2.45, 2.75) is 5.16 Å². The lowest BCUT2D eigenvalue weighted by Gasteiger charge is -2.20. The SMILES string of the molecule is C=CCN(C(=O)CSc1n[nH]c(-c2cc(Cl)ccc2OC)n1)c1ccccc1. The van der Waals surface area contributed by atoms with Crippen LogP contribution in [0.4, 0.5) is 5.69 Å². The van der Waals surface area contributed by atoms with Crippen molar-refractivity contribution in [3.63, 3.8) is 0 Å². The summed E-state index contributed by atoms with van der Waals surface area (Å²) in [4.78, 5) is 18.8. The first-order valence-electron chi connectivity index (χ1n) is 8.47. The van der Waals surface area contributed by atoms with Crippen LogP contribution in [-0.4, -0.2) is 40.5 Å². The Morgan fingerprint density at radius 1 is 1.32 bits per heavy atom. The van der Waals surface area contributed by atoms with Crippen molar-refractivity contribution in [2.75, 3.05) is 24.3 Å². The van der Waals surface area contributed by atoms with Crippen LogP contribution in [0.1, 0.15) is 0 Å². The van der Waals surface area contributed by atoms with E-state index >= 15 is 0 Å². The Labute approximate surface area is 172 Å². The first-order valence-corrected chi connectivity index (χ1v) is 9.84. The largest absolute Gasteiger partial charge is 0.496 e. The number of H-pyrrole nitrogens is 1. The predicted molar refractivity (Wildman–Crippen MR) is 113 cm³/mol. The van der Waals surface area contributed by atoms with Crippen molar-refractivity contribution in [3.05, 3.63) is 66.2 Å². The number of para-hydroxylation sites is 1. The lowest BCUT2D eigenvalue weighted by molar-refractivity contribution is -0.116. The summed E-state index contributed by atoms with van der Waals surface area (Å²) in [7, 11) is 1.58. The summed E-state index contributed by atoms with van der Waals surface area (Å²) in [6, 6.07) is 14.7. The molecule has 1 amide bonds. The minimum Gasteiger partial charge on any atom is -0.496 e. The standard InChI is InChI=1S/C20H19ClN4O2S/c1-3-11-25(15-7-5-4-6-8-15)18(26)13-28-20-22-19(23-24-20)16-12-14(21)9-10-17(16)27-2/h3-10,12H,1,11,13H2,2H3,(H,22,23,24). The molecule has 1 heterocycles. The fourth-order valence-corrected chi connectivity index (χ4v) is 3.44. The number of rotatable bonds is 8. The van der Waals surface area contributed by atoms with Crippen LogP contribution in [0.2, 0.25) is 5.02 Å². The van der Waals surface area contributed by atoms with Gasteiger partial charge in [0.25, 0.3) is 0 Å². The van der Waals surface area contributed by atoms with E-state index in [1.165, 1.54) is 11.8 Å². The third-order valence-corrected chi connectivity index (χ3v) is 4.95. The highest BCUT2D eigenvalue weighted by Gasteiger charge is 2.17. The van der Waals surface area contributed by atoms with Crippen molar-refractivity contribution < 1.29 is 9.53 Å². The van der Waals surface area contributed by atoms with Crippen LogP contribution in [0.3, 0.4) is 0 Å². The average molecular weight is 415 g/mol. The van der Waals surface area contributed by atoms with Crippen molar-refractivity contribution in [3.8, 4) is 17.1 Å². The zero-order chi connectivity index (χ0) is 19.9. The molecule has 144 valence electrons. The quantitative estimate of drug-likeness (QED) is 0.435. The number of anilines is 1. The summed E-state index contributed by atoms with van der Waals surface area (Å²) in [6.07, 6.45) is 1.70. The van der Waals surface area contributed by atoms with E-state index in [9.17, 15) is 4.79 Å². The number of methoxy groups -OCH3 is 1. The van der Waals surface area contributed by atoms with Gasteiger partial charge in [-0.25, -0.2) is 4.98 Å². The summed E-state index contributed by atoms with van der Waals surface area (Å²) in [6.45, 7) is 4.17. The van der Waals surface area contributed by atoms with E-state index in [-0.39, 0.29) is 11.7 Å². The Hall–Kier alpha value is -2.77. The van der Waals surface area contributed by atoms with E-state index < -0.39 is 0 Å². The van der Waals surface area contributed by atoms with E-state index in [2.05, 4.69) is 21.8 Å². The molecule has 0 radical (unpaired) electrons. The topological polar surface area (TPSA) is 71.1 Å². The number of hydrogen-bond acceptors (Lipinski definition) is 5. The van der Waals surface area contributed by atoms with Gasteiger partial charge in [0, 0.05) is 17.3 Å². The highest BCUT2D eigenvalue weighted by Crippen LogP contribution is 2.31. The van der Waals surface area contributed by atoms with Gasteiger partial charge in [0.15, 0.2) is 5.82 Å². The molecule has 2 aromatic carbocycles. The Kier molecular flexibility index (Phi) is 6.73. The molecule has 0 aliphatic heterocycles. The Balaban J connectivity index is 1.71. The molecular weight excluding hydrogens is 396 g/mol. The number of nitrogens with one attached hydrogen (secondary N) is 1. The molecule has 1 aromatic heterocycles. The van der Waals surface area contributed by atoms with E-state index in [1.54, 1.807) is 36.3 Å². The Morgan fingerprint density at radius 3 is 2.82 bits per heavy atom. The predicted octanol–water partition coefficient (Wildman–Crippen LogP) is 4.45. The summed E-state index contributed by atoms with van der Waals surface area (Å²) in [5.41, 5.74) is 1.53. The number of benzene rings is 2. The number of amides is 1. The smallest absolute Gasteiger partial charge is 0.237 e. The van der Waals surface area contributed by atoms with E-state index in [1.807, 2.05) is 30.3 Å². The maximum Gasteiger partial charge on any atom is 0.237 e. The molecule has 3 rings (SSSR count). The summed E-state index contributed by atoms with van der Waals surface area (Å²) in [5.74, 6) is 1.31. The van der Waals surface area contributed by atoms with Gasteiger partial charge in [-0.05, 0) is 30.3 Å². The van der Waals surface area contributed by atoms with Crippen molar-refractivity contribution >= 4 is 35.0 Å². The van der Waals surface area contributed by atoms with Gasteiger partial charge >= 0.3 is 0 Å². The van der Waals surface area contributed by atoms with E-state index in [4.69, 9.17) is 16.3 Å². The highest BCUT2D eigenvalue weighted by atomic mass is 35.5. The van der Waals surface area contributed by atoms with Gasteiger partial charge in [0.05, 0.1) is 18.4 Å². The third kappa shape index (κ3) is 4.74. The lowest BCUT2D eigenvalue weighted by Crippen LogP contribution is -2.32. The number of thioether (sulfide) groups is 1. The molecule has 0 saturated heterocycles. The average Bonchev–Trinajstić information content (AvgIpc) is 3.20. The molecule has 28 heavy (non-hydrogen) atoms. The van der Waals surface area contributed by atoms with Gasteiger partial charge in [-0.2, -0.15) is 0 Å². The molecular formula is C20H19ClN4O2S. The maximum absolute atomic E-state index is 12.7. The molecule has 0 aliphatic carbocycles. The molecule has 8 heteroatoms. The van der Waals surface area contributed by atoms with Gasteiger partial charge in [-0.1, -0.05) is 47.6 Å². The number of carbonyl (C=O) groups is 1. The number of hydrogen-bond donors (Lipinski definition) is 1. The minimum absolute atomic E-state index is 0.0530. The summed E-state index contributed by atoms with van der Waals surface area (Å²) in [5, 5.41) is 8.10. The second-order valence-corrected chi connectivity index (χ2v) is 7.11. The Morgan fingerprint density at radius 2 is 2.11 bits per heavy atom. The van der Waals surface area contributed by atoms with Crippen LogP contribution in [0.15, 0.2) is 66.3 Å². The maximum atomic E-state index is 12.7. The lowest BCUT2D eigenvalue weighted by atomic mass is 10.2. The second-order valence-electron chi connectivity index (χ2n) is 5.73. The number of carbonyl (C=O) groups excluding carboxylic acids is 1. The van der Waals surface area contributed by atoms with E-state index in [0.29, 0.717) is 33.9 Å². The number of aromatic amines is 1. The van der Waals surface area contributed by atoms with Gasteiger partial charge in [-0.15, -0.1) is 11.7 Å². The number of halogens is 1. The molecule has 0 bridgehead atoms. The number of ether oxygens (including phenoxy) is 1. The van der Waals surface area contributed by atoms with Crippen molar-refractivity contribution in [1.82, 2.24) is 15.2 Å². The normalized spacial score (nSPS) is 10.5. The van der Waals surface area contributed by atoms with Crippen LogP contribution < -0.4 is 9.64 Å². The fourth-order valence-electron chi connectivity index (χ4n) is 2.59. The molecule has 0 saturated carbocycles. The van der Waals surface area contributed by atoms with Crippen LogP contribution in [0.5, 0.6) is 5.75 Å². The molecule has 1 N–H and O–H groups in total. The second kappa shape index (κ2) is 9.43. The number of nitrogens with zero attached hydrogens (tertiary/aromatic N) is 3. The van der Waals surface area contributed by atoms with Crippen molar-refractivity contribution in [1.29, 1.82) is 0 Å². The van der Waals surface area contributed by atoms with Gasteiger partial charge in [-0.3, -0.25) is 9.89 Å². The zero-order valence-corrected chi connectivity index (χ0v) is 16.8. The fraction of sp³-hybridized carbons (Fsp3) is 0.150. The Bertz CT molecular complexity index is 962. The van der Waals surface area contributed by atoms with Crippen molar-refractivity contribution in [2.24, 2.45) is 0 Å². The van der Waals surface area contributed by atoms with E-state index in [0.717, 1.165) is 5.69 Å². The van der Waals surface area contributed by atoms with Crippen LogP contribution in [-0.2, 0) is 4.79 Å². The summed E-state index contributed by atoms with van der Waals surface area (Å²) < 4.78 is 5.35. The minimum atomic E-state index is -0.0530. The van der Waals surface area contributed by atoms with Gasteiger partial charge < -0.3 is 9.64 Å². The molecule has 0 unspecified atom stereocenters. The van der Waals surface area contributed by atoms with Crippen LogP contribution >= 0.6 is 23.4 Å². The highest BCUT2D eigenvalue weighted by molar-refractivity contribution is 7.99. The van der Waals surface area contributed by atoms with Gasteiger partial charge in [0.2, 0.25) is 11.1 Å². The molecule has 0 aliphatic rings. The zero-order valence-electron chi connectivity index (χ0n) is 15.3. The van der Waals surface area contributed by atoms with Crippen LogP contribution in [0, 0.1) is 0 Å². The first-order chi connectivity index (χ1) is 13.6. The monoisotopic (exact) mass is 414 g/mol. The van der Waals surface area contributed by atoms with Gasteiger partial charge in [0.1, 0.15) is 5.75 Å². The third-order valence-electron chi connectivity index (χ3n) is 3.89. The number of aromatic nitrogens is 3. The summed E-state index contributed by atoms with van der Waals surface area (Å²) >= 11 is 7.33. The van der Waals surface area contributed by atoms with Crippen LogP contribution in [0.25, 0.3) is 11.4 Å². The molecule has 3 aromatic rings. The first kappa shape index (κ1) is 20.0. The molecule has 0 atom stereocenters.